The summed E-state index contributed by atoms with van der Waals surface area (Å²) in [6.07, 6.45) is 0. The van der Waals surface area contributed by atoms with Crippen LogP contribution in [0, 0.1) is 3.57 Å². The van der Waals surface area contributed by atoms with Crippen molar-refractivity contribution in [1.82, 2.24) is 0 Å². The smallest absolute Gasteiger partial charge is 0.488 e. The van der Waals surface area contributed by atoms with Gasteiger partial charge in [-0.2, -0.15) is 0 Å². The molecule has 0 radical (unpaired) electrons. The summed E-state index contributed by atoms with van der Waals surface area (Å²) in [6, 6.07) is 4.49. The first-order valence-electron chi connectivity index (χ1n) is 2.96. The fourth-order valence-electron chi connectivity index (χ4n) is 0.690. The molecule has 0 aliphatic heterocycles. The van der Waals surface area contributed by atoms with E-state index in [4.69, 9.17) is 15.2 Å². The Labute approximate surface area is 78.0 Å². The molecule has 0 amide bonds. The Morgan fingerprint density at radius 2 is 1.91 bits per heavy atom. The molecule has 0 atom stereocenters. The molecule has 1 rings (SSSR count). The van der Waals surface area contributed by atoms with Gasteiger partial charge in [0.15, 0.2) is 0 Å². The molecule has 1 aromatic carbocycles. The molecule has 58 valence electrons. The minimum absolute atomic E-state index is 0.0659. The monoisotopic (exact) mass is 264 g/mol. The average Bonchev–Trinajstić information content (AvgIpc) is 1.94. The van der Waals surface area contributed by atoms with E-state index in [0.717, 1.165) is 0 Å². The Balaban J connectivity index is 3.05. The largest absolute Gasteiger partial charge is 0.507 e. The Kier molecular flexibility index (Phi) is 2.75. The van der Waals surface area contributed by atoms with Crippen LogP contribution < -0.4 is 5.46 Å². The lowest BCUT2D eigenvalue weighted by molar-refractivity contribution is 0.424. The SMILES string of the molecule is OB(O)c1ccc(I)c(O)c1. The van der Waals surface area contributed by atoms with Gasteiger partial charge in [-0.1, -0.05) is 6.07 Å². The van der Waals surface area contributed by atoms with Gasteiger partial charge in [0.1, 0.15) is 5.75 Å². The molecule has 11 heavy (non-hydrogen) atoms. The van der Waals surface area contributed by atoms with Gasteiger partial charge in [0.2, 0.25) is 0 Å². The zero-order chi connectivity index (χ0) is 8.43. The standard InChI is InChI=1S/C6H6BIO3/c8-5-2-1-4(7(10)11)3-6(5)9/h1-3,9-11H. The van der Waals surface area contributed by atoms with Crippen molar-refractivity contribution in [2.24, 2.45) is 0 Å². The number of aromatic hydroxyl groups is 1. The molecule has 1 aromatic rings. The molecular weight excluding hydrogens is 258 g/mol. The Morgan fingerprint density at radius 1 is 1.27 bits per heavy atom. The first-order valence-corrected chi connectivity index (χ1v) is 4.03. The van der Waals surface area contributed by atoms with Gasteiger partial charge in [-0.05, 0) is 40.2 Å². The van der Waals surface area contributed by atoms with Crippen molar-refractivity contribution in [3.63, 3.8) is 0 Å². The molecule has 3 nitrogen and oxygen atoms in total. The average molecular weight is 264 g/mol. The molecule has 5 heteroatoms. The third kappa shape index (κ3) is 2.08. The lowest BCUT2D eigenvalue weighted by Gasteiger charge is -2.00. The summed E-state index contributed by atoms with van der Waals surface area (Å²) >= 11 is 1.95. The van der Waals surface area contributed by atoms with Crippen LogP contribution in [0.15, 0.2) is 18.2 Å². The number of hydrogen-bond donors (Lipinski definition) is 3. The first-order chi connectivity index (χ1) is 5.11. The zero-order valence-electron chi connectivity index (χ0n) is 5.53. The van der Waals surface area contributed by atoms with Crippen molar-refractivity contribution in [3.05, 3.63) is 21.8 Å². The second-order valence-electron chi connectivity index (χ2n) is 2.08. The van der Waals surface area contributed by atoms with E-state index in [1.165, 1.54) is 6.07 Å². The van der Waals surface area contributed by atoms with Gasteiger partial charge in [0, 0.05) is 0 Å². The van der Waals surface area contributed by atoms with E-state index < -0.39 is 7.12 Å². The van der Waals surface area contributed by atoms with Crippen molar-refractivity contribution in [2.45, 2.75) is 0 Å². The third-order valence-electron chi connectivity index (χ3n) is 1.27. The van der Waals surface area contributed by atoms with Crippen LogP contribution in [0.5, 0.6) is 5.75 Å². The molecule has 0 saturated carbocycles. The van der Waals surface area contributed by atoms with Crippen LogP contribution in [-0.2, 0) is 0 Å². The van der Waals surface area contributed by atoms with Crippen LogP contribution >= 0.6 is 22.6 Å². The van der Waals surface area contributed by atoms with Crippen LogP contribution in [0.4, 0.5) is 0 Å². The number of phenolic OH excluding ortho intramolecular Hbond substituents is 1. The first kappa shape index (κ1) is 8.83. The van der Waals surface area contributed by atoms with Gasteiger partial charge in [0.25, 0.3) is 0 Å². The Morgan fingerprint density at radius 3 is 2.36 bits per heavy atom. The lowest BCUT2D eigenvalue weighted by atomic mass is 9.80. The Hall–Kier alpha value is -0.265. The molecule has 0 aliphatic rings. The third-order valence-corrected chi connectivity index (χ3v) is 2.18. The van der Waals surface area contributed by atoms with E-state index in [-0.39, 0.29) is 5.75 Å². The molecule has 3 N–H and O–H groups in total. The van der Waals surface area contributed by atoms with Crippen molar-refractivity contribution in [3.8, 4) is 5.75 Å². The number of benzene rings is 1. The maximum Gasteiger partial charge on any atom is 0.488 e. The minimum Gasteiger partial charge on any atom is -0.507 e. The van der Waals surface area contributed by atoms with Gasteiger partial charge < -0.3 is 15.2 Å². The molecule has 0 aromatic heterocycles. The fourth-order valence-corrected chi connectivity index (χ4v) is 1.03. The maximum atomic E-state index is 9.12. The summed E-state index contributed by atoms with van der Waals surface area (Å²) in [6.45, 7) is 0. The number of halogens is 1. The summed E-state index contributed by atoms with van der Waals surface area (Å²) in [7, 11) is -1.52. The summed E-state index contributed by atoms with van der Waals surface area (Å²) in [5, 5.41) is 26.5. The molecular formula is C6H6BIO3. The van der Waals surface area contributed by atoms with Crippen LogP contribution in [0.3, 0.4) is 0 Å². The van der Waals surface area contributed by atoms with Crippen molar-refractivity contribution < 1.29 is 15.2 Å². The molecule has 0 heterocycles. The fraction of sp³-hybridized carbons (Fsp3) is 0. The van der Waals surface area contributed by atoms with Crippen LogP contribution in [0.2, 0.25) is 0 Å². The quantitative estimate of drug-likeness (QED) is 0.481. The summed E-state index contributed by atoms with van der Waals surface area (Å²) < 4.78 is 0.687. The highest BCUT2D eigenvalue weighted by atomic mass is 127. The second kappa shape index (κ2) is 3.42. The van der Waals surface area contributed by atoms with Crippen LogP contribution in [0.1, 0.15) is 0 Å². The van der Waals surface area contributed by atoms with Gasteiger partial charge >= 0.3 is 7.12 Å². The lowest BCUT2D eigenvalue weighted by Crippen LogP contribution is -2.29. The molecule has 0 spiro atoms. The van der Waals surface area contributed by atoms with E-state index in [1.54, 1.807) is 12.1 Å². The van der Waals surface area contributed by atoms with E-state index in [0.29, 0.717) is 9.03 Å². The van der Waals surface area contributed by atoms with Crippen LogP contribution in [-0.4, -0.2) is 22.3 Å². The maximum absolute atomic E-state index is 9.12. The second-order valence-corrected chi connectivity index (χ2v) is 3.25. The highest BCUT2D eigenvalue weighted by Gasteiger charge is 2.11. The molecule has 0 unspecified atom stereocenters. The summed E-state index contributed by atoms with van der Waals surface area (Å²) in [4.78, 5) is 0. The van der Waals surface area contributed by atoms with E-state index >= 15 is 0 Å². The van der Waals surface area contributed by atoms with E-state index in [9.17, 15) is 0 Å². The molecule has 0 bridgehead atoms. The predicted molar refractivity (Wildman–Crippen MR) is 50.6 cm³/mol. The number of hydrogen-bond acceptors (Lipinski definition) is 3. The van der Waals surface area contributed by atoms with Crippen LogP contribution in [0.25, 0.3) is 0 Å². The zero-order valence-corrected chi connectivity index (χ0v) is 7.69. The van der Waals surface area contributed by atoms with Crippen molar-refractivity contribution in [1.29, 1.82) is 0 Å². The predicted octanol–water partition coefficient (Wildman–Crippen LogP) is -0.323. The number of rotatable bonds is 1. The molecule has 0 saturated heterocycles. The van der Waals surface area contributed by atoms with Gasteiger partial charge in [0.05, 0.1) is 3.57 Å². The topological polar surface area (TPSA) is 60.7 Å². The van der Waals surface area contributed by atoms with Gasteiger partial charge in [-0.15, -0.1) is 0 Å². The van der Waals surface area contributed by atoms with Crippen molar-refractivity contribution >= 4 is 35.2 Å². The molecule has 0 aliphatic carbocycles. The van der Waals surface area contributed by atoms with E-state index in [1.807, 2.05) is 22.6 Å². The van der Waals surface area contributed by atoms with Gasteiger partial charge in [-0.25, -0.2) is 0 Å². The van der Waals surface area contributed by atoms with Crippen molar-refractivity contribution in [2.75, 3.05) is 0 Å². The highest BCUT2D eigenvalue weighted by molar-refractivity contribution is 14.1. The number of phenols is 1. The molecule has 0 fully saturated rings. The van der Waals surface area contributed by atoms with Gasteiger partial charge in [-0.3, -0.25) is 0 Å². The Bertz CT molecular complexity index is 264. The van der Waals surface area contributed by atoms with E-state index in [2.05, 4.69) is 0 Å². The highest BCUT2D eigenvalue weighted by Crippen LogP contribution is 2.16. The summed E-state index contributed by atoms with van der Waals surface area (Å²) in [5.41, 5.74) is 0.294. The normalized spacial score (nSPS) is 9.73. The minimum atomic E-state index is -1.52. The summed E-state index contributed by atoms with van der Waals surface area (Å²) in [5.74, 6) is 0.0659.